The Hall–Kier alpha value is -1.81. The van der Waals surface area contributed by atoms with E-state index in [-0.39, 0.29) is 17.0 Å². The van der Waals surface area contributed by atoms with Crippen molar-refractivity contribution < 1.29 is 14.7 Å². The summed E-state index contributed by atoms with van der Waals surface area (Å²) in [5.74, 6) is -1.42. The van der Waals surface area contributed by atoms with Gasteiger partial charge >= 0.3 is 5.97 Å². The van der Waals surface area contributed by atoms with Gasteiger partial charge in [0, 0.05) is 12.4 Å². The standard InChI is InChI=1S/C12H10ClNO3/c1-6(15)9-7-4-3-5-8(13)10(7)14(2)11(9)12(16)17/h3-5H,1-2H3,(H,16,17). The molecule has 5 heteroatoms. The minimum absolute atomic E-state index is 0.0272. The van der Waals surface area contributed by atoms with E-state index in [1.807, 2.05) is 0 Å². The topological polar surface area (TPSA) is 59.3 Å². The molecular weight excluding hydrogens is 242 g/mol. The van der Waals surface area contributed by atoms with Crippen molar-refractivity contribution in [1.29, 1.82) is 0 Å². The van der Waals surface area contributed by atoms with Crippen LogP contribution in [0.3, 0.4) is 0 Å². The van der Waals surface area contributed by atoms with Crippen LogP contribution in [-0.4, -0.2) is 21.4 Å². The quantitative estimate of drug-likeness (QED) is 0.835. The molecule has 1 aromatic carbocycles. The second-order valence-corrected chi connectivity index (χ2v) is 4.19. The summed E-state index contributed by atoms with van der Waals surface area (Å²) >= 11 is 6.03. The van der Waals surface area contributed by atoms with Crippen molar-refractivity contribution in [3.63, 3.8) is 0 Å². The third-order valence-corrected chi connectivity index (χ3v) is 3.02. The summed E-state index contributed by atoms with van der Waals surface area (Å²) in [5.41, 5.74) is 0.745. The summed E-state index contributed by atoms with van der Waals surface area (Å²) in [6.45, 7) is 1.35. The molecule has 0 saturated carbocycles. The number of aromatic nitrogens is 1. The average molecular weight is 252 g/mol. The van der Waals surface area contributed by atoms with Crippen LogP contribution in [0.25, 0.3) is 10.9 Å². The monoisotopic (exact) mass is 251 g/mol. The van der Waals surface area contributed by atoms with E-state index in [0.29, 0.717) is 15.9 Å². The van der Waals surface area contributed by atoms with Crippen molar-refractivity contribution >= 4 is 34.3 Å². The molecule has 0 aliphatic heterocycles. The van der Waals surface area contributed by atoms with Crippen LogP contribution in [0.15, 0.2) is 18.2 Å². The molecule has 1 N–H and O–H groups in total. The molecule has 0 saturated heterocycles. The number of ketones is 1. The minimum atomic E-state index is -1.13. The number of fused-ring (bicyclic) bond motifs is 1. The number of carbonyl (C=O) groups is 2. The van der Waals surface area contributed by atoms with E-state index in [4.69, 9.17) is 11.6 Å². The molecule has 0 amide bonds. The Morgan fingerprint density at radius 3 is 2.53 bits per heavy atom. The lowest BCUT2D eigenvalue weighted by Gasteiger charge is -2.00. The molecule has 0 aliphatic carbocycles. The van der Waals surface area contributed by atoms with Crippen molar-refractivity contribution in [2.75, 3.05) is 0 Å². The lowest BCUT2D eigenvalue weighted by molar-refractivity contribution is 0.0682. The van der Waals surface area contributed by atoms with Crippen LogP contribution in [0.5, 0.6) is 0 Å². The van der Waals surface area contributed by atoms with Crippen LogP contribution in [0.2, 0.25) is 5.02 Å². The maximum absolute atomic E-state index is 11.6. The highest BCUT2D eigenvalue weighted by Crippen LogP contribution is 2.30. The number of carbonyl (C=O) groups excluding carboxylic acids is 1. The Morgan fingerprint density at radius 1 is 1.35 bits per heavy atom. The van der Waals surface area contributed by atoms with E-state index in [9.17, 15) is 14.7 Å². The Bertz CT molecular complexity index is 643. The number of hydrogen-bond acceptors (Lipinski definition) is 2. The van der Waals surface area contributed by atoms with Gasteiger partial charge in [-0.15, -0.1) is 0 Å². The van der Waals surface area contributed by atoms with Gasteiger partial charge in [0.2, 0.25) is 0 Å². The van der Waals surface area contributed by atoms with E-state index >= 15 is 0 Å². The highest BCUT2D eigenvalue weighted by Gasteiger charge is 2.24. The van der Waals surface area contributed by atoms with Crippen molar-refractivity contribution in [3.8, 4) is 0 Å². The number of carboxylic acid groups (broad SMARTS) is 1. The number of benzene rings is 1. The van der Waals surface area contributed by atoms with Gasteiger partial charge < -0.3 is 9.67 Å². The van der Waals surface area contributed by atoms with Crippen LogP contribution in [0, 0.1) is 0 Å². The van der Waals surface area contributed by atoms with Gasteiger partial charge in [0.15, 0.2) is 5.78 Å². The number of nitrogens with zero attached hydrogens (tertiary/aromatic N) is 1. The number of halogens is 1. The zero-order valence-corrected chi connectivity index (χ0v) is 10.1. The third-order valence-electron chi connectivity index (χ3n) is 2.72. The second kappa shape index (κ2) is 3.89. The summed E-state index contributed by atoms with van der Waals surface area (Å²) in [4.78, 5) is 22.8. The molecule has 0 spiro atoms. The van der Waals surface area contributed by atoms with Gasteiger partial charge in [-0.1, -0.05) is 23.7 Å². The number of hydrogen-bond donors (Lipinski definition) is 1. The molecule has 88 valence electrons. The molecule has 0 bridgehead atoms. The largest absolute Gasteiger partial charge is 0.477 e. The zero-order chi connectivity index (χ0) is 12.7. The van der Waals surface area contributed by atoms with Gasteiger partial charge in [-0.2, -0.15) is 0 Å². The fraction of sp³-hybridized carbons (Fsp3) is 0.167. The molecule has 17 heavy (non-hydrogen) atoms. The molecule has 0 aliphatic rings. The lowest BCUT2D eigenvalue weighted by Crippen LogP contribution is -2.09. The van der Waals surface area contributed by atoms with Crippen LogP contribution >= 0.6 is 11.6 Å². The second-order valence-electron chi connectivity index (χ2n) is 3.78. The highest BCUT2D eigenvalue weighted by atomic mass is 35.5. The van der Waals surface area contributed by atoms with E-state index in [2.05, 4.69) is 0 Å². The lowest BCUT2D eigenvalue weighted by atomic mass is 10.1. The van der Waals surface area contributed by atoms with Gasteiger partial charge in [0.05, 0.1) is 16.1 Å². The number of Topliss-reactive ketones (excluding diaryl/α,β-unsaturated/α-hetero) is 1. The fourth-order valence-electron chi connectivity index (χ4n) is 2.07. The van der Waals surface area contributed by atoms with Gasteiger partial charge in [-0.25, -0.2) is 4.79 Å². The molecular formula is C12H10ClNO3. The van der Waals surface area contributed by atoms with E-state index in [1.54, 1.807) is 25.2 Å². The van der Waals surface area contributed by atoms with Crippen molar-refractivity contribution in [2.24, 2.45) is 7.05 Å². The Morgan fingerprint density at radius 2 is 2.00 bits per heavy atom. The fourth-order valence-corrected chi connectivity index (χ4v) is 2.37. The molecule has 0 atom stereocenters. The highest BCUT2D eigenvalue weighted by molar-refractivity contribution is 6.36. The minimum Gasteiger partial charge on any atom is -0.477 e. The number of rotatable bonds is 2. The molecule has 0 unspecified atom stereocenters. The predicted molar refractivity (Wildman–Crippen MR) is 64.9 cm³/mol. The van der Waals surface area contributed by atoms with Crippen molar-refractivity contribution in [1.82, 2.24) is 4.57 Å². The Labute approximate surface area is 102 Å². The molecule has 0 fully saturated rings. The first-order valence-electron chi connectivity index (χ1n) is 4.96. The normalized spacial score (nSPS) is 10.8. The van der Waals surface area contributed by atoms with Crippen LogP contribution in [0.1, 0.15) is 27.8 Å². The van der Waals surface area contributed by atoms with E-state index < -0.39 is 5.97 Å². The summed E-state index contributed by atoms with van der Waals surface area (Å²) in [6, 6.07) is 5.06. The first-order chi connectivity index (χ1) is 7.95. The summed E-state index contributed by atoms with van der Waals surface area (Å²) in [6.07, 6.45) is 0. The summed E-state index contributed by atoms with van der Waals surface area (Å²) < 4.78 is 1.44. The third kappa shape index (κ3) is 1.61. The first kappa shape index (κ1) is 11.7. The van der Waals surface area contributed by atoms with Gasteiger partial charge in [-0.05, 0) is 13.0 Å². The first-order valence-corrected chi connectivity index (χ1v) is 5.34. The van der Waals surface area contributed by atoms with Gasteiger partial charge in [0.1, 0.15) is 5.69 Å². The molecule has 0 radical (unpaired) electrons. The Balaban J connectivity index is 3.04. The summed E-state index contributed by atoms with van der Waals surface area (Å²) in [7, 11) is 1.59. The number of aromatic carboxylic acids is 1. The average Bonchev–Trinajstić information content (AvgIpc) is 2.53. The SMILES string of the molecule is CC(=O)c1c(C(=O)O)n(C)c2c(Cl)cccc12. The Kier molecular flexibility index (Phi) is 2.67. The maximum Gasteiger partial charge on any atom is 0.353 e. The molecule has 2 aromatic rings. The molecule has 2 rings (SSSR count). The number of aryl methyl sites for hydroxylation is 1. The molecule has 1 heterocycles. The molecule has 1 aromatic heterocycles. The smallest absolute Gasteiger partial charge is 0.353 e. The van der Waals surface area contributed by atoms with Crippen LogP contribution < -0.4 is 0 Å². The molecule has 4 nitrogen and oxygen atoms in total. The zero-order valence-electron chi connectivity index (χ0n) is 9.32. The van der Waals surface area contributed by atoms with E-state index in [1.165, 1.54) is 11.5 Å². The van der Waals surface area contributed by atoms with Crippen LogP contribution in [-0.2, 0) is 7.05 Å². The summed E-state index contributed by atoms with van der Waals surface area (Å²) in [5, 5.41) is 10.2. The maximum atomic E-state index is 11.6. The van der Waals surface area contributed by atoms with E-state index in [0.717, 1.165) is 0 Å². The van der Waals surface area contributed by atoms with Crippen LogP contribution in [0.4, 0.5) is 0 Å². The number of para-hydroxylation sites is 1. The van der Waals surface area contributed by atoms with Gasteiger partial charge in [-0.3, -0.25) is 4.79 Å². The predicted octanol–water partition coefficient (Wildman–Crippen LogP) is 2.73. The van der Waals surface area contributed by atoms with Crippen molar-refractivity contribution in [3.05, 3.63) is 34.5 Å². The number of carboxylic acids is 1. The van der Waals surface area contributed by atoms with Gasteiger partial charge in [0.25, 0.3) is 0 Å². The van der Waals surface area contributed by atoms with Crippen molar-refractivity contribution in [2.45, 2.75) is 6.92 Å².